The largest absolute Gasteiger partial charge is 0.497 e. The number of aromatic nitrogens is 4. The number of rotatable bonds is 7. The lowest BCUT2D eigenvalue weighted by atomic mass is 10.0. The Hall–Kier alpha value is -4.58. The molecule has 0 spiro atoms. The van der Waals surface area contributed by atoms with Gasteiger partial charge in [-0.2, -0.15) is 5.10 Å². The smallest absolute Gasteiger partial charge is 0.355 e. The summed E-state index contributed by atoms with van der Waals surface area (Å²) < 4.78 is 35.6. The number of methoxy groups -OCH3 is 1. The maximum absolute atomic E-state index is 14.8. The van der Waals surface area contributed by atoms with E-state index in [0.29, 0.717) is 52.8 Å². The number of nitrogens with zero attached hydrogens (tertiary/aromatic N) is 5. The number of carboxylic acid groups (broad SMARTS) is 1. The molecule has 0 saturated carbocycles. The summed E-state index contributed by atoms with van der Waals surface area (Å²) in [5.74, 6) is -0.997. The quantitative estimate of drug-likeness (QED) is 0.272. The number of hydrogen-bond acceptors (Lipinski definition) is 8. The molecule has 204 valence electrons. The Balaban J connectivity index is 1.48. The molecule has 1 atom stereocenters. The van der Waals surface area contributed by atoms with E-state index < -0.39 is 23.6 Å². The van der Waals surface area contributed by atoms with Gasteiger partial charge in [0.25, 0.3) is 0 Å². The zero-order chi connectivity index (χ0) is 28.0. The Morgan fingerprint density at radius 3 is 2.73 bits per heavy atom. The van der Waals surface area contributed by atoms with Crippen LogP contribution in [0.15, 0.2) is 54.0 Å². The minimum absolute atomic E-state index is 0.0772. The van der Waals surface area contributed by atoms with Gasteiger partial charge in [0.15, 0.2) is 17.2 Å². The normalized spacial score (nSPS) is 15.2. The number of fused-ring (bicyclic) bond motifs is 1. The van der Waals surface area contributed by atoms with Gasteiger partial charge in [0, 0.05) is 23.9 Å². The molecule has 0 aliphatic carbocycles. The van der Waals surface area contributed by atoms with Gasteiger partial charge in [0.2, 0.25) is 0 Å². The number of carbonyl (C=O) groups is 1. The molecule has 0 bridgehead atoms. The fourth-order valence-electron chi connectivity index (χ4n) is 5.13. The Kier molecular flexibility index (Phi) is 6.54. The number of ether oxygens (including phenoxy) is 1. The first-order valence-electron chi connectivity index (χ1n) is 12.5. The van der Waals surface area contributed by atoms with E-state index in [1.807, 2.05) is 29.2 Å². The van der Waals surface area contributed by atoms with Gasteiger partial charge in [-0.15, -0.1) is 11.3 Å². The third-order valence-corrected chi connectivity index (χ3v) is 7.86. The highest BCUT2D eigenvalue weighted by Gasteiger charge is 2.32. The van der Waals surface area contributed by atoms with E-state index in [2.05, 4.69) is 4.98 Å². The third-order valence-electron chi connectivity index (χ3n) is 7.00. The van der Waals surface area contributed by atoms with Crippen molar-refractivity contribution in [3.05, 3.63) is 88.2 Å². The van der Waals surface area contributed by atoms with Crippen LogP contribution in [0.3, 0.4) is 0 Å². The Labute approximate surface area is 231 Å². The highest BCUT2D eigenvalue weighted by Crippen LogP contribution is 2.40. The number of benzene rings is 2. The van der Waals surface area contributed by atoms with Gasteiger partial charge in [-0.05, 0) is 48.7 Å². The molecule has 0 amide bonds. The summed E-state index contributed by atoms with van der Waals surface area (Å²) in [6.07, 6.45) is 3.41. The maximum Gasteiger partial charge on any atom is 0.355 e. The molecule has 2 aromatic carbocycles. The third kappa shape index (κ3) is 4.60. The second-order valence-electron chi connectivity index (χ2n) is 9.49. The number of anilines is 2. The molecule has 1 aliphatic rings. The van der Waals surface area contributed by atoms with Crippen LogP contribution in [0.5, 0.6) is 5.75 Å². The summed E-state index contributed by atoms with van der Waals surface area (Å²) >= 11 is 1.18. The van der Waals surface area contributed by atoms with E-state index >= 15 is 0 Å². The van der Waals surface area contributed by atoms with Gasteiger partial charge in [0.05, 0.1) is 36.3 Å². The first-order valence-corrected chi connectivity index (χ1v) is 13.4. The molecule has 4 heterocycles. The van der Waals surface area contributed by atoms with Crippen LogP contribution in [0.4, 0.5) is 20.3 Å². The number of aromatic carboxylic acids is 1. The van der Waals surface area contributed by atoms with Gasteiger partial charge in [0.1, 0.15) is 22.4 Å². The van der Waals surface area contributed by atoms with Crippen LogP contribution in [0.2, 0.25) is 0 Å². The molecule has 12 heteroatoms. The summed E-state index contributed by atoms with van der Waals surface area (Å²) in [4.78, 5) is 22.7. The number of hydrogen-bond donors (Lipinski definition) is 2. The van der Waals surface area contributed by atoms with Gasteiger partial charge >= 0.3 is 5.97 Å². The van der Waals surface area contributed by atoms with E-state index in [1.54, 1.807) is 17.8 Å². The molecule has 6 rings (SSSR count). The van der Waals surface area contributed by atoms with Crippen LogP contribution >= 0.6 is 11.3 Å². The minimum atomic E-state index is -1.13. The van der Waals surface area contributed by atoms with Gasteiger partial charge in [-0.1, -0.05) is 12.1 Å². The predicted octanol–water partition coefficient (Wildman–Crippen LogP) is 5.35. The van der Waals surface area contributed by atoms with Crippen LogP contribution in [0.1, 0.15) is 46.2 Å². The molecule has 40 heavy (non-hydrogen) atoms. The van der Waals surface area contributed by atoms with E-state index in [9.17, 15) is 18.7 Å². The molecule has 0 radical (unpaired) electrons. The number of nitrogens with two attached hydrogens (primary N) is 1. The van der Waals surface area contributed by atoms with Crippen molar-refractivity contribution in [1.82, 2.24) is 19.6 Å². The van der Waals surface area contributed by atoms with Crippen molar-refractivity contribution >= 4 is 34.5 Å². The molecular formula is C28H24F2N6O3S. The number of carboxylic acids is 1. The Bertz CT molecular complexity index is 1740. The molecule has 3 N–H and O–H groups in total. The molecule has 1 saturated heterocycles. The topological polar surface area (TPSA) is 119 Å². The second kappa shape index (κ2) is 10.2. The maximum atomic E-state index is 14.8. The molecule has 1 aliphatic heterocycles. The average Bonchev–Trinajstić information content (AvgIpc) is 3.68. The number of thiazole rings is 1. The van der Waals surface area contributed by atoms with Crippen molar-refractivity contribution in [3.8, 4) is 16.3 Å². The van der Waals surface area contributed by atoms with Crippen LogP contribution in [-0.4, -0.2) is 44.3 Å². The van der Waals surface area contributed by atoms with Crippen molar-refractivity contribution in [2.45, 2.75) is 25.3 Å². The van der Waals surface area contributed by atoms with Crippen molar-refractivity contribution < 1.29 is 23.4 Å². The zero-order valence-electron chi connectivity index (χ0n) is 21.3. The molecule has 5 aromatic rings. The molecular weight excluding hydrogens is 538 g/mol. The Morgan fingerprint density at radius 2 is 2.00 bits per heavy atom. The van der Waals surface area contributed by atoms with Crippen LogP contribution in [0.25, 0.3) is 16.2 Å². The standard InChI is InChI=1S/C28H24F2N6O3S/c1-39-17-7-4-15(5-8-17)11-21-24(27-32-22(14-40-27)28(37)38)26-33-25(20(31)13-36(26)34-21)35-10-2-3-23(35)18-12-16(29)6-9-19(18)30/h4-9,12-14,23H,2-3,10-11,31H2,1H3,(H,37,38). The monoisotopic (exact) mass is 562 g/mol. The van der Waals surface area contributed by atoms with Crippen molar-refractivity contribution in [2.24, 2.45) is 0 Å². The van der Waals surface area contributed by atoms with E-state index in [-0.39, 0.29) is 11.3 Å². The first-order chi connectivity index (χ1) is 19.3. The highest BCUT2D eigenvalue weighted by molar-refractivity contribution is 7.13. The summed E-state index contributed by atoms with van der Waals surface area (Å²) in [5.41, 5.74) is 9.57. The average molecular weight is 563 g/mol. The summed E-state index contributed by atoms with van der Waals surface area (Å²) in [5, 5.41) is 16.2. The lowest BCUT2D eigenvalue weighted by Gasteiger charge is -2.27. The molecule has 1 unspecified atom stereocenters. The Morgan fingerprint density at radius 1 is 1.20 bits per heavy atom. The van der Waals surface area contributed by atoms with Crippen LogP contribution in [0, 0.1) is 11.6 Å². The number of halogens is 2. The zero-order valence-corrected chi connectivity index (χ0v) is 22.2. The first kappa shape index (κ1) is 25.7. The molecule has 3 aromatic heterocycles. The van der Waals surface area contributed by atoms with Crippen molar-refractivity contribution in [1.29, 1.82) is 0 Å². The fraction of sp³-hybridized carbons (Fsp3) is 0.214. The van der Waals surface area contributed by atoms with Crippen LogP contribution < -0.4 is 15.4 Å². The SMILES string of the molecule is COc1ccc(Cc2nn3cc(N)c(N4CCCC4c4cc(F)ccc4F)nc3c2-c2nc(C(=O)O)cs2)cc1. The van der Waals surface area contributed by atoms with E-state index in [0.717, 1.165) is 29.9 Å². The van der Waals surface area contributed by atoms with Crippen molar-refractivity contribution in [2.75, 3.05) is 24.3 Å². The van der Waals surface area contributed by atoms with Gasteiger partial charge < -0.3 is 20.5 Å². The molecule has 1 fully saturated rings. The lowest BCUT2D eigenvalue weighted by Crippen LogP contribution is -2.26. The predicted molar refractivity (Wildman–Crippen MR) is 147 cm³/mol. The van der Waals surface area contributed by atoms with E-state index in [1.165, 1.54) is 22.8 Å². The summed E-state index contributed by atoms with van der Waals surface area (Å²) in [7, 11) is 1.60. The van der Waals surface area contributed by atoms with Crippen LogP contribution in [-0.2, 0) is 6.42 Å². The molecule has 9 nitrogen and oxygen atoms in total. The highest BCUT2D eigenvalue weighted by atomic mass is 32.1. The fourth-order valence-corrected chi connectivity index (χ4v) is 5.99. The second-order valence-corrected chi connectivity index (χ2v) is 10.4. The van der Waals surface area contributed by atoms with Crippen molar-refractivity contribution in [3.63, 3.8) is 0 Å². The van der Waals surface area contributed by atoms with Gasteiger partial charge in [-0.25, -0.2) is 28.1 Å². The minimum Gasteiger partial charge on any atom is -0.497 e. The summed E-state index contributed by atoms with van der Waals surface area (Å²) in [6.45, 7) is 0.552. The lowest BCUT2D eigenvalue weighted by molar-refractivity contribution is 0.0691. The van der Waals surface area contributed by atoms with Gasteiger partial charge in [-0.3, -0.25) is 0 Å². The van der Waals surface area contributed by atoms with E-state index in [4.69, 9.17) is 20.6 Å². The summed E-state index contributed by atoms with van der Waals surface area (Å²) in [6, 6.07) is 10.5. The number of nitrogen functional groups attached to an aromatic ring is 1.